The van der Waals surface area contributed by atoms with Gasteiger partial charge in [0.15, 0.2) is 0 Å². The van der Waals surface area contributed by atoms with Gasteiger partial charge < -0.3 is 25.0 Å². The molecule has 3 aromatic heterocycles. The van der Waals surface area contributed by atoms with E-state index < -0.39 is 0 Å². The van der Waals surface area contributed by atoms with Crippen LogP contribution in [0.5, 0.6) is 11.8 Å². The Bertz CT molecular complexity index is 1610. The molecule has 0 bridgehead atoms. The lowest BCUT2D eigenvalue weighted by molar-refractivity contribution is -0.143. The Morgan fingerprint density at radius 2 is 2.08 bits per heavy atom. The first-order valence-electron chi connectivity index (χ1n) is 11.8. The molecule has 1 spiro atoms. The zero-order chi connectivity index (χ0) is 25.1. The number of rotatable bonds is 4. The normalized spacial score (nSPS) is 18.5. The Kier molecular flexibility index (Phi) is 5.17. The number of nitrogens with one attached hydrogen (secondary N) is 2. The van der Waals surface area contributed by atoms with Crippen molar-refractivity contribution in [2.75, 3.05) is 31.6 Å². The van der Waals surface area contributed by atoms with Crippen LogP contribution >= 0.6 is 22.9 Å². The second-order valence-electron chi connectivity index (χ2n) is 9.35. The van der Waals surface area contributed by atoms with E-state index in [1.54, 1.807) is 4.90 Å². The second kappa shape index (κ2) is 8.47. The Balaban J connectivity index is 1.23. The average molecular weight is 538 g/mol. The standard InChI is InChI=1S/C24H20ClN7O4S/c25-23-27-7-12(9-32-5-6-35-10-16(32)33)22(30-23)36-15-8-26-18-13(29-15)1-2-14-17(18)19-20(37-14)21(34)31-24(3-4-24)11-28-19/h1-2,7-8,28H,3-6,9-11H2,(H,31,34). The number of carbonyl (C=O) groups excluding carboxylic acids is 2. The Labute approximate surface area is 219 Å². The maximum absolute atomic E-state index is 12.9. The highest BCUT2D eigenvalue weighted by Crippen LogP contribution is 2.44. The summed E-state index contributed by atoms with van der Waals surface area (Å²) < 4.78 is 12.2. The molecule has 2 amide bonds. The summed E-state index contributed by atoms with van der Waals surface area (Å²) >= 11 is 7.49. The number of carbonyl (C=O) groups is 2. The van der Waals surface area contributed by atoms with Gasteiger partial charge >= 0.3 is 0 Å². The molecule has 1 saturated carbocycles. The van der Waals surface area contributed by atoms with Crippen LogP contribution in [0.3, 0.4) is 0 Å². The molecule has 11 nitrogen and oxygen atoms in total. The first-order chi connectivity index (χ1) is 18.0. The highest BCUT2D eigenvalue weighted by atomic mass is 35.5. The molecular formula is C24H20ClN7O4S. The fraction of sp³-hybridized carbons (Fsp3) is 0.333. The number of benzene rings is 1. The maximum atomic E-state index is 12.9. The highest BCUT2D eigenvalue weighted by molar-refractivity contribution is 7.21. The monoisotopic (exact) mass is 537 g/mol. The number of amides is 2. The molecule has 13 heteroatoms. The van der Waals surface area contributed by atoms with Gasteiger partial charge in [-0.3, -0.25) is 9.59 Å². The maximum Gasteiger partial charge on any atom is 0.264 e. The summed E-state index contributed by atoms with van der Waals surface area (Å²) in [6, 6.07) is 3.79. The molecule has 2 N–H and O–H groups in total. The molecule has 7 rings (SSSR count). The van der Waals surface area contributed by atoms with Crippen LogP contribution in [0.2, 0.25) is 5.28 Å². The van der Waals surface area contributed by atoms with E-state index in [4.69, 9.17) is 21.1 Å². The van der Waals surface area contributed by atoms with Crippen LogP contribution in [-0.4, -0.2) is 68.5 Å². The van der Waals surface area contributed by atoms with E-state index in [9.17, 15) is 9.59 Å². The van der Waals surface area contributed by atoms with Gasteiger partial charge in [-0.15, -0.1) is 11.3 Å². The molecule has 1 aromatic carbocycles. The Morgan fingerprint density at radius 1 is 1.19 bits per heavy atom. The summed E-state index contributed by atoms with van der Waals surface area (Å²) in [6.45, 7) is 1.91. The van der Waals surface area contributed by atoms with Crippen molar-refractivity contribution >= 4 is 61.6 Å². The van der Waals surface area contributed by atoms with Gasteiger partial charge in [0, 0.05) is 29.4 Å². The van der Waals surface area contributed by atoms with Crippen molar-refractivity contribution in [3.63, 3.8) is 0 Å². The van der Waals surface area contributed by atoms with Crippen molar-refractivity contribution in [3.8, 4) is 11.8 Å². The molecule has 3 aliphatic rings. The van der Waals surface area contributed by atoms with E-state index in [0.717, 1.165) is 28.6 Å². The minimum absolute atomic E-state index is 0.0151. The molecular weight excluding hydrogens is 518 g/mol. The Hall–Kier alpha value is -3.61. The van der Waals surface area contributed by atoms with E-state index in [1.807, 2.05) is 12.1 Å². The molecule has 188 valence electrons. The minimum atomic E-state index is -0.137. The topological polar surface area (TPSA) is 131 Å². The third kappa shape index (κ3) is 4.01. The summed E-state index contributed by atoms with van der Waals surface area (Å²) in [6.07, 6.45) is 5.02. The minimum Gasteiger partial charge on any atom is -0.418 e. The fourth-order valence-electron chi connectivity index (χ4n) is 4.67. The predicted octanol–water partition coefficient (Wildman–Crippen LogP) is 3.13. The van der Waals surface area contributed by atoms with Crippen molar-refractivity contribution in [1.82, 2.24) is 30.2 Å². The quantitative estimate of drug-likeness (QED) is 0.377. The molecule has 0 atom stereocenters. The first kappa shape index (κ1) is 22.6. The first-order valence-corrected chi connectivity index (χ1v) is 13.0. The van der Waals surface area contributed by atoms with Gasteiger partial charge in [-0.2, -0.15) is 4.98 Å². The van der Waals surface area contributed by atoms with Crippen LogP contribution in [0.15, 0.2) is 24.5 Å². The Morgan fingerprint density at radius 3 is 2.92 bits per heavy atom. The van der Waals surface area contributed by atoms with Crippen LogP contribution in [0, 0.1) is 0 Å². The van der Waals surface area contributed by atoms with Crippen LogP contribution in [-0.2, 0) is 16.1 Å². The third-order valence-electron chi connectivity index (χ3n) is 6.83. The second-order valence-corrected chi connectivity index (χ2v) is 10.7. The number of fused-ring (bicyclic) bond motifs is 5. The largest absolute Gasteiger partial charge is 0.418 e. The molecule has 5 heterocycles. The number of anilines is 1. The van der Waals surface area contributed by atoms with Crippen molar-refractivity contribution in [2.24, 2.45) is 0 Å². The number of hydrogen-bond donors (Lipinski definition) is 2. The van der Waals surface area contributed by atoms with Crippen LogP contribution < -0.4 is 15.4 Å². The molecule has 0 unspecified atom stereocenters. The van der Waals surface area contributed by atoms with Gasteiger partial charge in [-0.1, -0.05) is 0 Å². The van der Waals surface area contributed by atoms with Gasteiger partial charge in [0.05, 0.1) is 47.2 Å². The average Bonchev–Trinajstić information content (AvgIpc) is 3.57. The van der Waals surface area contributed by atoms with Crippen molar-refractivity contribution in [3.05, 3.63) is 40.3 Å². The highest BCUT2D eigenvalue weighted by Gasteiger charge is 2.46. The third-order valence-corrected chi connectivity index (χ3v) is 8.16. The number of thiophene rings is 1. The predicted molar refractivity (Wildman–Crippen MR) is 136 cm³/mol. The van der Waals surface area contributed by atoms with Crippen LogP contribution in [0.4, 0.5) is 5.69 Å². The van der Waals surface area contributed by atoms with Crippen LogP contribution in [0.25, 0.3) is 21.1 Å². The van der Waals surface area contributed by atoms with E-state index in [-0.39, 0.29) is 47.5 Å². The molecule has 1 aliphatic carbocycles. The van der Waals surface area contributed by atoms with E-state index in [2.05, 4.69) is 30.6 Å². The SMILES string of the molecule is O=C1NC2(CC2)CNc2c1sc1ccc3nc(Oc4nc(Cl)ncc4CN4CCOCC4=O)cnc3c21. The number of ether oxygens (including phenoxy) is 2. The van der Waals surface area contributed by atoms with Gasteiger partial charge in [0.2, 0.25) is 23.0 Å². The summed E-state index contributed by atoms with van der Waals surface area (Å²) in [5.41, 5.74) is 2.54. The smallest absolute Gasteiger partial charge is 0.264 e. The lowest BCUT2D eigenvalue weighted by atomic mass is 10.1. The van der Waals surface area contributed by atoms with Gasteiger partial charge in [-0.25, -0.2) is 15.0 Å². The lowest BCUT2D eigenvalue weighted by Gasteiger charge is -2.27. The van der Waals surface area contributed by atoms with Crippen molar-refractivity contribution < 1.29 is 19.1 Å². The van der Waals surface area contributed by atoms with E-state index >= 15 is 0 Å². The van der Waals surface area contributed by atoms with Gasteiger partial charge in [0.1, 0.15) is 11.5 Å². The van der Waals surface area contributed by atoms with Gasteiger partial charge in [0.25, 0.3) is 5.91 Å². The number of hydrogen-bond acceptors (Lipinski definition) is 10. The lowest BCUT2D eigenvalue weighted by Crippen LogP contribution is -2.41. The summed E-state index contributed by atoms with van der Waals surface area (Å²) in [4.78, 5) is 45.0. The molecule has 1 saturated heterocycles. The molecule has 2 aliphatic heterocycles. The van der Waals surface area contributed by atoms with Gasteiger partial charge in [-0.05, 0) is 36.6 Å². The summed E-state index contributed by atoms with van der Waals surface area (Å²) in [5.74, 6) is 0.254. The van der Waals surface area contributed by atoms with E-state index in [1.165, 1.54) is 23.7 Å². The van der Waals surface area contributed by atoms with Crippen LogP contribution in [0.1, 0.15) is 28.1 Å². The number of nitrogens with zero attached hydrogens (tertiary/aromatic N) is 5. The molecule has 37 heavy (non-hydrogen) atoms. The number of aromatic nitrogens is 4. The van der Waals surface area contributed by atoms with E-state index in [0.29, 0.717) is 41.2 Å². The molecule has 0 radical (unpaired) electrons. The number of halogens is 1. The van der Waals surface area contributed by atoms with Crippen molar-refractivity contribution in [1.29, 1.82) is 0 Å². The number of morpholine rings is 1. The van der Waals surface area contributed by atoms with Crippen molar-refractivity contribution in [2.45, 2.75) is 24.9 Å². The molecule has 2 fully saturated rings. The zero-order valence-corrected chi connectivity index (χ0v) is 21.0. The zero-order valence-electron chi connectivity index (χ0n) is 19.4. The fourth-order valence-corrected chi connectivity index (χ4v) is 5.87. The molecule has 4 aromatic rings. The summed E-state index contributed by atoms with van der Waals surface area (Å²) in [7, 11) is 0. The summed E-state index contributed by atoms with van der Waals surface area (Å²) in [5, 5.41) is 7.55.